The van der Waals surface area contributed by atoms with Crippen molar-refractivity contribution in [3.63, 3.8) is 0 Å². The van der Waals surface area contributed by atoms with Crippen molar-refractivity contribution >= 4 is 23.2 Å². The highest BCUT2D eigenvalue weighted by molar-refractivity contribution is 5.90. The molecule has 0 spiro atoms. The summed E-state index contributed by atoms with van der Waals surface area (Å²) in [6.07, 6.45) is 3.06. The minimum absolute atomic E-state index is 0. The summed E-state index contributed by atoms with van der Waals surface area (Å²) in [5.41, 5.74) is 0. The average molecular weight is 242 g/mol. The maximum atomic E-state index is 9.60. The maximum absolute atomic E-state index is 9.60. The predicted molar refractivity (Wildman–Crippen MR) is 63.8 cm³/mol. The van der Waals surface area contributed by atoms with Crippen molar-refractivity contribution in [2.75, 3.05) is 14.2 Å². The first kappa shape index (κ1) is 12.4. The molecule has 0 saturated carbocycles. The van der Waals surface area contributed by atoms with Crippen LogP contribution in [0, 0.1) is 0 Å². The van der Waals surface area contributed by atoms with Gasteiger partial charge < -0.3 is 14.6 Å². The van der Waals surface area contributed by atoms with Crippen molar-refractivity contribution in [3.05, 3.63) is 24.5 Å². The third kappa shape index (κ3) is 1.97. The Hall–Kier alpha value is -1.68. The fraction of sp³-hybridized carbons (Fsp3) is 0.182. The van der Waals surface area contributed by atoms with E-state index in [0.717, 1.165) is 5.39 Å². The zero-order chi connectivity index (χ0) is 10.8. The van der Waals surface area contributed by atoms with Crippen LogP contribution in [0.25, 0.3) is 10.8 Å². The standard InChI is InChI=1S/C11H11NO3.ClH/c1-14-10-3-7-5-12-6-9(13)8(7)4-11(10)15-2;/h3-6,13H,1-2H3;1H. The van der Waals surface area contributed by atoms with Crippen LogP contribution < -0.4 is 9.47 Å². The first-order valence-corrected chi connectivity index (χ1v) is 4.45. The van der Waals surface area contributed by atoms with Gasteiger partial charge in [-0.15, -0.1) is 12.4 Å². The molecule has 0 unspecified atom stereocenters. The number of fused-ring (bicyclic) bond motifs is 1. The van der Waals surface area contributed by atoms with Gasteiger partial charge in [0.15, 0.2) is 11.5 Å². The number of hydrogen-bond donors (Lipinski definition) is 1. The number of rotatable bonds is 2. The fourth-order valence-electron chi connectivity index (χ4n) is 1.48. The highest BCUT2D eigenvalue weighted by atomic mass is 35.5. The van der Waals surface area contributed by atoms with Crippen molar-refractivity contribution in [3.8, 4) is 17.2 Å². The molecule has 1 aromatic carbocycles. The predicted octanol–water partition coefficient (Wildman–Crippen LogP) is 2.38. The molecule has 86 valence electrons. The summed E-state index contributed by atoms with van der Waals surface area (Å²) in [7, 11) is 3.13. The second-order valence-corrected chi connectivity index (χ2v) is 3.09. The minimum Gasteiger partial charge on any atom is -0.506 e. The van der Waals surface area contributed by atoms with Crippen LogP contribution in [0.3, 0.4) is 0 Å². The number of hydrogen-bond acceptors (Lipinski definition) is 4. The summed E-state index contributed by atoms with van der Waals surface area (Å²) in [4.78, 5) is 3.90. The number of methoxy groups -OCH3 is 2. The molecule has 1 heterocycles. The molecule has 2 aromatic rings. The molecular weight excluding hydrogens is 230 g/mol. The number of pyridine rings is 1. The van der Waals surface area contributed by atoms with Gasteiger partial charge in [0.25, 0.3) is 0 Å². The Morgan fingerprint density at radius 1 is 1.06 bits per heavy atom. The van der Waals surface area contributed by atoms with Crippen molar-refractivity contribution < 1.29 is 14.6 Å². The highest BCUT2D eigenvalue weighted by Crippen LogP contribution is 2.34. The number of halogens is 1. The molecule has 2 rings (SSSR count). The van der Waals surface area contributed by atoms with E-state index in [1.165, 1.54) is 6.20 Å². The molecule has 1 aromatic heterocycles. The van der Waals surface area contributed by atoms with E-state index >= 15 is 0 Å². The molecule has 4 nitrogen and oxygen atoms in total. The Labute approximate surface area is 99.2 Å². The van der Waals surface area contributed by atoms with Gasteiger partial charge in [0.05, 0.1) is 20.4 Å². The zero-order valence-corrected chi connectivity index (χ0v) is 9.75. The Balaban J connectivity index is 0.00000128. The molecule has 16 heavy (non-hydrogen) atoms. The molecule has 0 bridgehead atoms. The molecule has 0 aliphatic heterocycles. The third-order valence-corrected chi connectivity index (χ3v) is 2.24. The van der Waals surface area contributed by atoms with Crippen LogP contribution in [0.5, 0.6) is 17.2 Å². The highest BCUT2D eigenvalue weighted by Gasteiger charge is 2.08. The summed E-state index contributed by atoms with van der Waals surface area (Å²) < 4.78 is 10.3. The van der Waals surface area contributed by atoms with Crippen LogP contribution in [0.2, 0.25) is 0 Å². The monoisotopic (exact) mass is 241 g/mol. The van der Waals surface area contributed by atoms with Gasteiger partial charge in [-0.25, -0.2) is 0 Å². The summed E-state index contributed by atoms with van der Waals surface area (Å²) in [5, 5.41) is 11.1. The molecule has 0 aliphatic rings. The maximum Gasteiger partial charge on any atom is 0.161 e. The van der Waals surface area contributed by atoms with E-state index in [1.807, 2.05) is 0 Å². The first-order valence-electron chi connectivity index (χ1n) is 4.45. The normalized spacial score (nSPS) is 9.62. The third-order valence-electron chi connectivity index (χ3n) is 2.24. The summed E-state index contributed by atoms with van der Waals surface area (Å²) in [6, 6.07) is 3.51. The lowest BCUT2D eigenvalue weighted by molar-refractivity contribution is 0.355. The van der Waals surface area contributed by atoms with Crippen LogP contribution in [-0.4, -0.2) is 24.3 Å². The van der Waals surface area contributed by atoms with Gasteiger partial charge in [-0.1, -0.05) is 0 Å². The molecule has 0 aliphatic carbocycles. The van der Waals surface area contributed by atoms with Crippen molar-refractivity contribution in [2.24, 2.45) is 0 Å². The molecule has 1 N–H and O–H groups in total. The van der Waals surface area contributed by atoms with Crippen LogP contribution in [0.1, 0.15) is 0 Å². The molecule has 0 fully saturated rings. The summed E-state index contributed by atoms with van der Waals surface area (Å²) >= 11 is 0. The lowest BCUT2D eigenvalue weighted by Gasteiger charge is -2.09. The van der Waals surface area contributed by atoms with E-state index in [4.69, 9.17) is 9.47 Å². The Kier molecular flexibility index (Phi) is 3.79. The number of aromatic hydroxyl groups is 1. The Morgan fingerprint density at radius 2 is 1.69 bits per heavy atom. The first-order chi connectivity index (χ1) is 7.26. The molecular formula is C11H12ClNO3. The fourth-order valence-corrected chi connectivity index (χ4v) is 1.48. The lowest BCUT2D eigenvalue weighted by atomic mass is 10.1. The van der Waals surface area contributed by atoms with E-state index < -0.39 is 0 Å². The summed E-state index contributed by atoms with van der Waals surface area (Å²) in [6.45, 7) is 0. The van der Waals surface area contributed by atoms with E-state index in [-0.39, 0.29) is 18.2 Å². The van der Waals surface area contributed by atoms with Crippen molar-refractivity contribution in [1.29, 1.82) is 0 Å². The van der Waals surface area contributed by atoms with Gasteiger partial charge in [-0.05, 0) is 12.1 Å². The van der Waals surface area contributed by atoms with Crippen LogP contribution in [0.4, 0.5) is 0 Å². The topological polar surface area (TPSA) is 51.6 Å². The van der Waals surface area contributed by atoms with Gasteiger partial charge in [-0.2, -0.15) is 0 Å². The van der Waals surface area contributed by atoms with Gasteiger partial charge >= 0.3 is 0 Å². The molecule has 5 heteroatoms. The van der Waals surface area contributed by atoms with Gasteiger partial charge in [0.2, 0.25) is 0 Å². The Morgan fingerprint density at radius 3 is 2.31 bits per heavy atom. The minimum atomic E-state index is 0. The number of benzene rings is 1. The average Bonchev–Trinajstić information content (AvgIpc) is 2.28. The molecule has 0 radical (unpaired) electrons. The lowest BCUT2D eigenvalue weighted by Crippen LogP contribution is -1.90. The van der Waals surface area contributed by atoms with E-state index in [2.05, 4.69) is 4.98 Å². The van der Waals surface area contributed by atoms with Crippen LogP contribution in [0.15, 0.2) is 24.5 Å². The van der Waals surface area contributed by atoms with E-state index in [0.29, 0.717) is 16.9 Å². The van der Waals surface area contributed by atoms with Crippen molar-refractivity contribution in [1.82, 2.24) is 4.98 Å². The largest absolute Gasteiger partial charge is 0.506 e. The number of aromatic nitrogens is 1. The van der Waals surface area contributed by atoms with E-state index in [1.54, 1.807) is 32.5 Å². The van der Waals surface area contributed by atoms with Crippen molar-refractivity contribution in [2.45, 2.75) is 0 Å². The quantitative estimate of drug-likeness (QED) is 0.877. The van der Waals surface area contributed by atoms with Crippen LogP contribution in [-0.2, 0) is 0 Å². The van der Waals surface area contributed by atoms with Gasteiger partial charge in [0.1, 0.15) is 5.75 Å². The number of nitrogens with zero attached hydrogens (tertiary/aromatic N) is 1. The molecule has 0 atom stereocenters. The second-order valence-electron chi connectivity index (χ2n) is 3.09. The number of ether oxygens (including phenoxy) is 2. The smallest absolute Gasteiger partial charge is 0.161 e. The van der Waals surface area contributed by atoms with Crippen LogP contribution >= 0.6 is 12.4 Å². The van der Waals surface area contributed by atoms with Gasteiger partial charge in [0, 0.05) is 17.0 Å². The second kappa shape index (κ2) is 4.90. The Bertz CT molecular complexity index is 502. The van der Waals surface area contributed by atoms with E-state index in [9.17, 15) is 5.11 Å². The summed E-state index contributed by atoms with van der Waals surface area (Å²) in [5.74, 6) is 1.34. The molecule has 0 saturated heterocycles. The van der Waals surface area contributed by atoms with Gasteiger partial charge in [-0.3, -0.25) is 4.98 Å². The zero-order valence-electron chi connectivity index (χ0n) is 8.93. The SMILES string of the molecule is COc1cc2cncc(O)c2cc1OC.Cl. The molecule has 0 amide bonds.